The van der Waals surface area contributed by atoms with E-state index in [9.17, 15) is 4.79 Å². The van der Waals surface area contributed by atoms with E-state index in [1.54, 1.807) is 7.11 Å². The molecular weight excluding hydrogens is 342 g/mol. The lowest BCUT2D eigenvalue weighted by Crippen LogP contribution is -2.37. The predicted molar refractivity (Wildman–Crippen MR) is 102 cm³/mol. The fourth-order valence-electron chi connectivity index (χ4n) is 3.77. The molecule has 0 spiro atoms. The number of fused-ring (bicyclic) bond motifs is 2. The van der Waals surface area contributed by atoms with Crippen LogP contribution < -0.4 is 19.5 Å². The molecule has 0 radical (unpaired) electrons. The van der Waals surface area contributed by atoms with Gasteiger partial charge in [-0.05, 0) is 61.2 Å². The van der Waals surface area contributed by atoms with Crippen molar-refractivity contribution in [1.82, 2.24) is 5.32 Å². The van der Waals surface area contributed by atoms with E-state index < -0.39 is 0 Å². The third-order valence-corrected chi connectivity index (χ3v) is 5.14. The van der Waals surface area contributed by atoms with Crippen molar-refractivity contribution < 1.29 is 19.0 Å². The van der Waals surface area contributed by atoms with Gasteiger partial charge in [-0.1, -0.05) is 12.1 Å². The van der Waals surface area contributed by atoms with Crippen LogP contribution in [-0.2, 0) is 24.2 Å². The van der Waals surface area contributed by atoms with E-state index in [1.165, 1.54) is 5.56 Å². The topological polar surface area (TPSA) is 56.8 Å². The van der Waals surface area contributed by atoms with Gasteiger partial charge in [0.05, 0.1) is 13.0 Å². The smallest absolute Gasteiger partial charge is 0.227 e. The summed E-state index contributed by atoms with van der Waals surface area (Å²) in [6.07, 6.45) is 1.55. The summed E-state index contributed by atoms with van der Waals surface area (Å²) in [7, 11) is 1.64. The molecule has 142 valence electrons. The molecule has 0 saturated carbocycles. The molecular formula is C22H25NO4. The normalized spacial score (nSPS) is 19.3. The van der Waals surface area contributed by atoms with E-state index in [0.29, 0.717) is 19.6 Å². The Hall–Kier alpha value is -2.69. The number of methoxy groups -OCH3 is 1. The van der Waals surface area contributed by atoms with Crippen LogP contribution in [0.5, 0.6) is 17.2 Å². The molecule has 5 heteroatoms. The molecule has 1 amide bonds. The highest BCUT2D eigenvalue weighted by Gasteiger charge is 2.30. The number of carbonyl (C=O) groups is 1. The van der Waals surface area contributed by atoms with Gasteiger partial charge < -0.3 is 19.5 Å². The van der Waals surface area contributed by atoms with Crippen molar-refractivity contribution in [1.29, 1.82) is 0 Å². The molecule has 0 aromatic heterocycles. The number of hydrogen-bond donors (Lipinski definition) is 1. The fourth-order valence-corrected chi connectivity index (χ4v) is 3.77. The lowest BCUT2D eigenvalue weighted by Gasteiger charge is -2.25. The molecule has 2 heterocycles. The van der Waals surface area contributed by atoms with Gasteiger partial charge in [-0.25, -0.2) is 0 Å². The summed E-state index contributed by atoms with van der Waals surface area (Å²) in [6, 6.07) is 11.9. The number of nitrogens with one attached hydrogen (secondary N) is 1. The van der Waals surface area contributed by atoms with Gasteiger partial charge in [0, 0.05) is 13.0 Å². The maximum absolute atomic E-state index is 12.6. The molecule has 0 unspecified atom stereocenters. The number of rotatable bonds is 4. The van der Waals surface area contributed by atoms with Crippen LogP contribution in [0.15, 0.2) is 36.4 Å². The molecule has 2 aliphatic rings. The molecule has 4 rings (SSSR count). The van der Waals surface area contributed by atoms with Crippen LogP contribution in [0.4, 0.5) is 0 Å². The third-order valence-electron chi connectivity index (χ3n) is 5.14. The molecule has 1 N–H and O–H groups in total. The van der Waals surface area contributed by atoms with Crippen molar-refractivity contribution in [3.05, 3.63) is 53.1 Å². The van der Waals surface area contributed by atoms with Gasteiger partial charge in [-0.15, -0.1) is 0 Å². The van der Waals surface area contributed by atoms with E-state index in [4.69, 9.17) is 14.2 Å². The fraction of sp³-hybridized carbons (Fsp3) is 0.409. The summed E-state index contributed by atoms with van der Waals surface area (Å²) in [6.45, 7) is 5.08. The zero-order chi connectivity index (χ0) is 19.0. The average Bonchev–Trinajstić information content (AvgIpc) is 2.98. The molecule has 0 fully saturated rings. The predicted octanol–water partition coefficient (Wildman–Crippen LogP) is 3.28. The monoisotopic (exact) mass is 367 g/mol. The van der Waals surface area contributed by atoms with Gasteiger partial charge in [0.15, 0.2) is 0 Å². The third kappa shape index (κ3) is 3.72. The summed E-state index contributed by atoms with van der Waals surface area (Å²) in [5.41, 5.74) is 3.14. The highest BCUT2D eigenvalue weighted by molar-refractivity contribution is 5.79. The summed E-state index contributed by atoms with van der Waals surface area (Å²) in [4.78, 5) is 12.6. The maximum atomic E-state index is 12.6. The Morgan fingerprint density at radius 1 is 1.19 bits per heavy atom. The maximum Gasteiger partial charge on any atom is 0.227 e. The van der Waals surface area contributed by atoms with Crippen LogP contribution >= 0.6 is 0 Å². The van der Waals surface area contributed by atoms with Gasteiger partial charge in [-0.2, -0.15) is 0 Å². The van der Waals surface area contributed by atoms with Gasteiger partial charge in [0.1, 0.15) is 29.5 Å². The Labute approximate surface area is 159 Å². The number of amides is 1. The standard InChI is InChI=1S/C22H25NO4/c1-22(2)11-16-8-14(4-6-20(16)27-22)12-23-21(24)17-9-15-10-18(25-3)5-7-19(15)26-13-17/h4-8,10,17H,9,11-13H2,1-3H3,(H,23,24)/t17-/m0/s1. The molecule has 27 heavy (non-hydrogen) atoms. The first-order valence-electron chi connectivity index (χ1n) is 9.32. The molecule has 0 saturated heterocycles. The van der Waals surface area contributed by atoms with Crippen molar-refractivity contribution in [3.8, 4) is 17.2 Å². The minimum absolute atomic E-state index is 0.0144. The summed E-state index contributed by atoms with van der Waals surface area (Å²) in [5, 5.41) is 3.05. The van der Waals surface area contributed by atoms with Crippen LogP contribution in [0, 0.1) is 5.92 Å². The highest BCUT2D eigenvalue weighted by atomic mass is 16.5. The minimum atomic E-state index is -0.193. The second-order valence-electron chi connectivity index (χ2n) is 7.88. The Bertz CT molecular complexity index is 875. The van der Waals surface area contributed by atoms with Crippen molar-refractivity contribution in [2.24, 2.45) is 5.92 Å². The van der Waals surface area contributed by atoms with Crippen molar-refractivity contribution in [3.63, 3.8) is 0 Å². The van der Waals surface area contributed by atoms with Crippen molar-refractivity contribution in [2.75, 3.05) is 13.7 Å². The van der Waals surface area contributed by atoms with Crippen molar-refractivity contribution >= 4 is 5.91 Å². The van der Waals surface area contributed by atoms with Crippen LogP contribution in [0.2, 0.25) is 0 Å². The molecule has 1 atom stereocenters. The van der Waals surface area contributed by atoms with Gasteiger partial charge in [0.25, 0.3) is 0 Å². The second kappa shape index (κ2) is 6.80. The summed E-state index contributed by atoms with van der Waals surface area (Å²) >= 11 is 0. The van der Waals surface area contributed by atoms with Crippen LogP contribution in [-0.4, -0.2) is 25.2 Å². The molecule has 0 aliphatic carbocycles. The Balaban J connectivity index is 1.38. The van der Waals surface area contributed by atoms with Crippen LogP contribution in [0.3, 0.4) is 0 Å². The van der Waals surface area contributed by atoms with Crippen LogP contribution in [0.1, 0.15) is 30.5 Å². The minimum Gasteiger partial charge on any atom is -0.497 e. The quantitative estimate of drug-likeness (QED) is 0.901. The number of benzene rings is 2. The van der Waals surface area contributed by atoms with E-state index in [0.717, 1.165) is 34.8 Å². The zero-order valence-electron chi connectivity index (χ0n) is 16.0. The first kappa shape index (κ1) is 17.7. The largest absolute Gasteiger partial charge is 0.497 e. The molecule has 5 nitrogen and oxygen atoms in total. The molecule has 2 aromatic rings. The first-order valence-corrected chi connectivity index (χ1v) is 9.32. The Kier molecular flexibility index (Phi) is 4.46. The Morgan fingerprint density at radius 2 is 2.00 bits per heavy atom. The zero-order valence-corrected chi connectivity index (χ0v) is 16.0. The summed E-state index contributed by atoms with van der Waals surface area (Å²) < 4.78 is 16.9. The molecule has 0 bridgehead atoms. The van der Waals surface area contributed by atoms with Crippen molar-refractivity contribution in [2.45, 2.75) is 38.8 Å². The van der Waals surface area contributed by atoms with Gasteiger partial charge >= 0.3 is 0 Å². The second-order valence-corrected chi connectivity index (χ2v) is 7.88. The van der Waals surface area contributed by atoms with E-state index in [1.807, 2.05) is 30.3 Å². The van der Waals surface area contributed by atoms with Crippen LogP contribution in [0.25, 0.3) is 0 Å². The average molecular weight is 367 g/mol. The first-order chi connectivity index (χ1) is 12.9. The molecule has 2 aromatic carbocycles. The van der Waals surface area contributed by atoms with E-state index in [-0.39, 0.29) is 17.4 Å². The van der Waals surface area contributed by atoms with E-state index >= 15 is 0 Å². The lowest BCUT2D eigenvalue weighted by atomic mass is 9.95. The number of ether oxygens (including phenoxy) is 3. The number of hydrogen-bond acceptors (Lipinski definition) is 4. The van der Waals surface area contributed by atoms with Gasteiger partial charge in [-0.3, -0.25) is 4.79 Å². The highest BCUT2D eigenvalue weighted by Crippen LogP contribution is 2.35. The lowest BCUT2D eigenvalue weighted by molar-refractivity contribution is -0.126. The molecule has 2 aliphatic heterocycles. The van der Waals surface area contributed by atoms with E-state index in [2.05, 4.69) is 25.2 Å². The number of carbonyl (C=O) groups excluding carboxylic acids is 1. The van der Waals surface area contributed by atoms with Gasteiger partial charge in [0.2, 0.25) is 5.91 Å². The summed E-state index contributed by atoms with van der Waals surface area (Å²) in [5.74, 6) is 2.38. The SMILES string of the molecule is COc1ccc2c(c1)C[C@H](C(=O)NCc1ccc3c(c1)CC(C)(C)O3)CO2. The Morgan fingerprint density at radius 3 is 2.81 bits per heavy atom.